The van der Waals surface area contributed by atoms with Crippen molar-refractivity contribution >= 4 is 23.8 Å². The average molecular weight is 491 g/mol. The summed E-state index contributed by atoms with van der Waals surface area (Å²) >= 11 is 5.98. The van der Waals surface area contributed by atoms with Crippen LogP contribution in [0.5, 0.6) is 11.5 Å². The third kappa shape index (κ3) is 4.89. The number of methoxy groups -OCH3 is 1. The molecule has 1 aliphatic heterocycles. The molecule has 3 aromatic rings. The molecule has 35 heavy (non-hydrogen) atoms. The van der Waals surface area contributed by atoms with Gasteiger partial charge < -0.3 is 14.2 Å². The number of fused-ring (bicyclic) bond motifs is 2. The molecule has 2 unspecified atom stereocenters. The standard InChI is InChI=1S/C28H27ClN2O4/c1-30-15-18-4-6-23-22(24(18)11-17-3-10-27(29)31-14-17)8-9-25(23)35-20-5-7-21-19(12-28(32)33-2)16-34-26(21)13-20/h3-7,10,13-15,19,25H,8-9,11-12,16H2,1-2H3. The number of nitrogens with zero attached hydrogens (tertiary/aromatic N) is 2. The molecule has 0 spiro atoms. The molecule has 0 radical (unpaired) electrons. The van der Waals surface area contributed by atoms with Gasteiger partial charge in [-0.3, -0.25) is 9.79 Å². The van der Waals surface area contributed by atoms with E-state index in [0.717, 1.165) is 47.5 Å². The Hall–Kier alpha value is -3.38. The number of esters is 1. The largest absolute Gasteiger partial charge is 0.492 e. The molecule has 2 aliphatic rings. The molecular weight excluding hydrogens is 464 g/mol. The molecule has 2 aromatic carbocycles. The molecule has 0 bridgehead atoms. The maximum Gasteiger partial charge on any atom is 0.306 e. The molecule has 0 fully saturated rings. The second-order valence-corrected chi connectivity index (χ2v) is 9.27. The fourth-order valence-corrected chi connectivity index (χ4v) is 5.12. The second-order valence-electron chi connectivity index (χ2n) is 8.89. The van der Waals surface area contributed by atoms with Crippen molar-refractivity contribution in [3.63, 3.8) is 0 Å². The summed E-state index contributed by atoms with van der Waals surface area (Å²) in [6.45, 7) is 0.477. The van der Waals surface area contributed by atoms with Crippen LogP contribution < -0.4 is 9.47 Å². The lowest BCUT2D eigenvalue weighted by Gasteiger charge is -2.18. The van der Waals surface area contributed by atoms with Crippen molar-refractivity contribution in [3.8, 4) is 11.5 Å². The van der Waals surface area contributed by atoms with Gasteiger partial charge in [-0.15, -0.1) is 0 Å². The molecule has 2 heterocycles. The number of pyridine rings is 1. The Kier molecular flexibility index (Phi) is 6.73. The normalized spacial score (nSPS) is 18.3. The van der Waals surface area contributed by atoms with Crippen LogP contribution in [0.25, 0.3) is 0 Å². The van der Waals surface area contributed by atoms with Gasteiger partial charge in [-0.1, -0.05) is 35.9 Å². The lowest BCUT2D eigenvalue weighted by Crippen LogP contribution is -2.09. The van der Waals surface area contributed by atoms with E-state index in [9.17, 15) is 4.79 Å². The molecule has 1 aromatic heterocycles. The molecular formula is C28H27ClN2O4. The van der Waals surface area contributed by atoms with Gasteiger partial charge in [0, 0.05) is 37.0 Å². The third-order valence-electron chi connectivity index (χ3n) is 6.73. The Balaban J connectivity index is 1.38. The van der Waals surface area contributed by atoms with Crippen LogP contribution >= 0.6 is 11.6 Å². The van der Waals surface area contributed by atoms with Crippen molar-refractivity contribution in [2.24, 2.45) is 4.99 Å². The van der Waals surface area contributed by atoms with Crippen LogP contribution in [-0.2, 0) is 22.4 Å². The van der Waals surface area contributed by atoms with Gasteiger partial charge in [-0.25, -0.2) is 4.98 Å². The van der Waals surface area contributed by atoms with Gasteiger partial charge in [0.1, 0.15) is 22.8 Å². The number of benzene rings is 2. The van der Waals surface area contributed by atoms with Crippen molar-refractivity contribution in [1.29, 1.82) is 0 Å². The summed E-state index contributed by atoms with van der Waals surface area (Å²) in [4.78, 5) is 20.2. The zero-order valence-corrected chi connectivity index (χ0v) is 20.5. The molecule has 0 N–H and O–H groups in total. The minimum Gasteiger partial charge on any atom is -0.492 e. The van der Waals surface area contributed by atoms with Crippen molar-refractivity contribution in [1.82, 2.24) is 4.98 Å². The highest BCUT2D eigenvalue weighted by Crippen LogP contribution is 2.42. The van der Waals surface area contributed by atoms with E-state index in [1.165, 1.54) is 23.8 Å². The maximum atomic E-state index is 11.7. The van der Waals surface area contributed by atoms with Crippen LogP contribution in [0.1, 0.15) is 58.2 Å². The van der Waals surface area contributed by atoms with Crippen molar-refractivity contribution in [3.05, 3.63) is 87.2 Å². The third-order valence-corrected chi connectivity index (χ3v) is 6.95. The number of carbonyl (C=O) groups excluding carboxylic acids is 1. The molecule has 180 valence electrons. The first-order valence-corrected chi connectivity index (χ1v) is 12.1. The maximum absolute atomic E-state index is 11.7. The van der Waals surface area contributed by atoms with Crippen LogP contribution in [0, 0.1) is 0 Å². The van der Waals surface area contributed by atoms with Crippen molar-refractivity contribution in [2.45, 2.75) is 37.7 Å². The summed E-state index contributed by atoms with van der Waals surface area (Å²) in [5.74, 6) is 1.33. The second kappa shape index (κ2) is 10.1. The van der Waals surface area contributed by atoms with Gasteiger partial charge in [0.25, 0.3) is 0 Å². The Bertz CT molecular complexity index is 1270. The van der Waals surface area contributed by atoms with Crippen LogP contribution in [0.15, 0.2) is 53.7 Å². The lowest BCUT2D eigenvalue weighted by molar-refractivity contribution is -0.141. The van der Waals surface area contributed by atoms with E-state index in [2.05, 4.69) is 22.1 Å². The van der Waals surface area contributed by atoms with Gasteiger partial charge in [0.05, 0.1) is 20.1 Å². The summed E-state index contributed by atoms with van der Waals surface area (Å²) in [5.41, 5.74) is 7.03. The van der Waals surface area contributed by atoms with E-state index in [0.29, 0.717) is 18.2 Å². The van der Waals surface area contributed by atoms with E-state index >= 15 is 0 Å². The zero-order chi connectivity index (χ0) is 24.4. The van der Waals surface area contributed by atoms with Crippen molar-refractivity contribution in [2.75, 3.05) is 20.8 Å². The summed E-state index contributed by atoms with van der Waals surface area (Å²) in [6, 6.07) is 14.0. The highest BCUT2D eigenvalue weighted by atomic mass is 35.5. The summed E-state index contributed by atoms with van der Waals surface area (Å²) in [5, 5.41) is 0.491. The first-order chi connectivity index (χ1) is 17.1. The average Bonchev–Trinajstić information content (AvgIpc) is 3.46. The number of rotatable bonds is 7. The highest BCUT2D eigenvalue weighted by molar-refractivity contribution is 6.29. The topological polar surface area (TPSA) is 70.0 Å². The predicted molar refractivity (Wildman–Crippen MR) is 135 cm³/mol. The van der Waals surface area contributed by atoms with E-state index < -0.39 is 0 Å². The van der Waals surface area contributed by atoms with Crippen LogP contribution in [0.3, 0.4) is 0 Å². The van der Waals surface area contributed by atoms with Crippen LogP contribution in [0.2, 0.25) is 5.15 Å². The van der Waals surface area contributed by atoms with Crippen LogP contribution in [-0.4, -0.2) is 37.9 Å². The predicted octanol–water partition coefficient (Wildman–Crippen LogP) is 5.48. The van der Waals surface area contributed by atoms with E-state index in [4.69, 9.17) is 25.8 Å². The summed E-state index contributed by atoms with van der Waals surface area (Å²) in [7, 11) is 3.20. The van der Waals surface area contributed by atoms with Gasteiger partial charge in [-0.05, 0) is 59.2 Å². The molecule has 0 saturated heterocycles. The number of ether oxygens (including phenoxy) is 3. The monoisotopic (exact) mass is 490 g/mol. The Morgan fingerprint density at radius 2 is 2.09 bits per heavy atom. The molecule has 7 heteroatoms. The molecule has 1 aliphatic carbocycles. The summed E-state index contributed by atoms with van der Waals surface area (Å²) < 4.78 is 17.1. The fraction of sp³-hybridized carbons (Fsp3) is 0.321. The highest BCUT2D eigenvalue weighted by Gasteiger charge is 2.30. The first-order valence-electron chi connectivity index (χ1n) is 11.7. The number of aliphatic imine (C=N–C) groups is 1. The minimum atomic E-state index is -0.230. The Morgan fingerprint density at radius 3 is 2.86 bits per heavy atom. The number of carbonyl (C=O) groups is 1. The molecule has 2 atom stereocenters. The zero-order valence-electron chi connectivity index (χ0n) is 19.8. The first kappa shape index (κ1) is 23.4. The molecule has 0 amide bonds. The van der Waals surface area contributed by atoms with Crippen LogP contribution in [0.4, 0.5) is 0 Å². The quantitative estimate of drug-likeness (QED) is 0.249. The van der Waals surface area contributed by atoms with E-state index in [1.807, 2.05) is 42.7 Å². The Labute approximate surface area is 209 Å². The Morgan fingerprint density at radius 1 is 1.23 bits per heavy atom. The molecule has 5 rings (SSSR count). The number of hydrogen-bond acceptors (Lipinski definition) is 6. The van der Waals surface area contributed by atoms with Crippen molar-refractivity contribution < 1.29 is 19.0 Å². The molecule has 0 saturated carbocycles. The number of halogens is 1. The van der Waals surface area contributed by atoms with Gasteiger partial charge in [-0.2, -0.15) is 0 Å². The van der Waals surface area contributed by atoms with E-state index in [1.54, 1.807) is 7.05 Å². The number of hydrogen-bond donors (Lipinski definition) is 0. The molecule has 6 nitrogen and oxygen atoms in total. The van der Waals surface area contributed by atoms with Gasteiger partial charge in [0.15, 0.2) is 0 Å². The lowest BCUT2D eigenvalue weighted by atomic mass is 9.93. The van der Waals surface area contributed by atoms with Gasteiger partial charge >= 0.3 is 5.97 Å². The number of aromatic nitrogens is 1. The van der Waals surface area contributed by atoms with E-state index in [-0.39, 0.29) is 18.0 Å². The summed E-state index contributed by atoms with van der Waals surface area (Å²) in [6.07, 6.45) is 6.61. The smallest absolute Gasteiger partial charge is 0.306 e. The van der Waals surface area contributed by atoms with Gasteiger partial charge in [0.2, 0.25) is 0 Å². The minimum absolute atomic E-state index is 0.0160. The SMILES string of the molecule is CN=Cc1ccc2c(c1Cc1ccc(Cl)nc1)CCC2Oc1ccc2c(c1)OCC2CC(=O)OC. The fourth-order valence-electron chi connectivity index (χ4n) is 5.01.